The Balaban J connectivity index is 1.38. The molecule has 2 atom stereocenters. The van der Waals surface area contributed by atoms with Crippen LogP contribution >= 0.6 is 11.6 Å². The maximum atomic E-state index is 14.5. The summed E-state index contributed by atoms with van der Waals surface area (Å²) in [5, 5.41) is 4.01. The third-order valence-corrected chi connectivity index (χ3v) is 6.94. The van der Waals surface area contributed by atoms with Gasteiger partial charge >= 0.3 is 0 Å². The Morgan fingerprint density at radius 1 is 1.26 bits per heavy atom. The minimum absolute atomic E-state index is 0.174. The molecular formula is C25H28ClFN4. The van der Waals surface area contributed by atoms with Crippen LogP contribution in [0.2, 0.25) is 5.02 Å². The molecule has 0 spiro atoms. The summed E-state index contributed by atoms with van der Waals surface area (Å²) in [4.78, 5) is 7.09. The summed E-state index contributed by atoms with van der Waals surface area (Å²) in [5.41, 5.74) is 5.18. The van der Waals surface area contributed by atoms with Gasteiger partial charge in [-0.1, -0.05) is 29.8 Å². The van der Waals surface area contributed by atoms with E-state index in [1.165, 1.54) is 30.0 Å². The van der Waals surface area contributed by atoms with Crippen molar-refractivity contribution >= 4 is 28.2 Å². The molecule has 0 unspecified atom stereocenters. The van der Waals surface area contributed by atoms with Crippen molar-refractivity contribution in [1.29, 1.82) is 0 Å². The molecule has 1 N–H and O–H groups in total. The average molecular weight is 439 g/mol. The van der Waals surface area contributed by atoms with E-state index in [1.54, 1.807) is 18.5 Å². The van der Waals surface area contributed by atoms with Crippen molar-refractivity contribution in [2.24, 2.45) is 0 Å². The van der Waals surface area contributed by atoms with Crippen molar-refractivity contribution in [3.63, 3.8) is 0 Å². The summed E-state index contributed by atoms with van der Waals surface area (Å²) in [6, 6.07) is 11.8. The zero-order valence-corrected chi connectivity index (χ0v) is 18.6. The van der Waals surface area contributed by atoms with Crippen molar-refractivity contribution in [2.45, 2.75) is 38.3 Å². The average Bonchev–Trinajstić information content (AvgIpc) is 3.43. The molecule has 0 amide bonds. The zero-order chi connectivity index (χ0) is 21.4. The number of nitrogens with zero attached hydrogens (tertiary/aromatic N) is 3. The maximum absolute atomic E-state index is 14.5. The lowest BCUT2D eigenvalue weighted by Gasteiger charge is -2.29. The highest BCUT2D eigenvalue weighted by atomic mass is 35.5. The van der Waals surface area contributed by atoms with Gasteiger partial charge in [0, 0.05) is 36.3 Å². The maximum Gasteiger partial charge on any atom is 0.129 e. The summed E-state index contributed by atoms with van der Waals surface area (Å²) < 4.78 is 16.6. The smallest absolute Gasteiger partial charge is 0.129 e. The van der Waals surface area contributed by atoms with Crippen LogP contribution in [0.5, 0.6) is 0 Å². The van der Waals surface area contributed by atoms with Gasteiger partial charge in [0.1, 0.15) is 5.82 Å². The Morgan fingerprint density at radius 3 is 2.90 bits per heavy atom. The second kappa shape index (κ2) is 8.73. The zero-order valence-electron chi connectivity index (χ0n) is 17.8. The number of imidazole rings is 1. The van der Waals surface area contributed by atoms with Gasteiger partial charge in [0.25, 0.3) is 0 Å². The molecule has 5 rings (SSSR count). The number of rotatable bonds is 5. The second-order valence-electron chi connectivity index (χ2n) is 8.73. The van der Waals surface area contributed by atoms with E-state index in [4.69, 9.17) is 11.6 Å². The molecule has 0 bridgehead atoms. The lowest BCUT2D eigenvalue weighted by Crippen LogP contribution is -2.39. The van der Waals surface area contributed by atoms with E-state index in [0.717, 1.165) is 43.6 Å². The molecule has 0 aliphatic carbocycles. The van der Waals surface area contributed by atoms with E-state index < -0.39 is 0 Å². The van der Waals surface area contributed by atoms with Gasteiger partial charge in [-0.05, 0) is 68.1 Å². The Bertz CT molecular complexity index is 1120. The Morgan fingerprint density at radius 2 is 2.16 bits per heavy atom. The highest BCUT2D eigenvalue weighted by Gasteiger charge is 2.21. The molecule has 1 saturated heterocycles. The van der Waals surface area contributed by atoms with Crippen LogP contribution in [-0.2, 0) is 0 Å². The Kier molecular flexibility index (Phi) is 5.83. The highest BCUT2D eigenvalue weighted by Crippen LogP contribution is 2.30. The first-order chi connectivity index (χ1) is 15.1. The van der Waals surface area contributed by atoms with Gasteiger partial charge in [-0.15, -0.1) is 0 Å². The molecule has 2 aliphatic heterocycles. The molecule has 1 fully saturated rings. The van der Waals surface area contributed by atoms with E-state index >= 15 is 0 Å². The van der Waals surface area contributed by atoms with Gasteiger partial charge in [-0.3, -0.25) is 4.90 Å². The van der Waals surface area contributed by atoms with Crippen molar-refractivity contribution in [3.05, 3.63) is 70.8 Å². The summed E-state index contributed by atoms with van der Waals surface area (Å²) in [6.45, 7) is 6.38. The normalized spacial score (nSPS) is 20.9. The standard InChI is InChI=1S/C25H28ClFN4/c1-17(22-6-5-20(26)14-23(22)27)31-16-29-24-7-4-19(13-25(24)31)18-8-11-30(12-9-18)15-21-3-2-10-28-21/h4-8,13-14,16-17,21,28H,2-3,9-12,15H2,1H3/t17-,21-/m1/s1. The van der Waals surface area contributed by atoms with Crippen LogP contribution < -0.4 is 5.32 Å². The molecule has 2 aliphatic rings. The quantitative estimate of drug-likeness (QED) is 0.588. The van der Waals surface area contributed by atoms with Gasteiger partial charge in [0.05, 0.1) is 23.4 Å². The molecule has 0 saturated carbocycles. The topological polar surface area (TPSA) is 33.1 Å². The van der Waals surface area contributed by atoms with Gasteiger partial charge in [-0.25, -0.2) is 9.37 Å². The number of nitrogens with one attached hydrogen (secondary N) is 1. The molecule has 1 aromatic heterocycles. The Hall–Kier alpha value is -2.21. The molecule has 162 valence electrons. The van der Waals surface area contributed by atoms with Crippen LogP contribution in [-0.4, -0.2) is 46.7 Å². The molecule has 6 heteroatoms. The summed E-state index contributed by atoms with van der Waals surface area (Å²) >= 11 is 5.93. The second-order valence-corrected chi connectivity index (χ2v) is 9.17. The number of hydrogen-bond acceptors (Lipinski definition) is 3. The first-order valence-electron chi connectivity index (χ1n) is 11.1. The van der Waals surface area contributed by atoms with E-state index in [2.05, 4.69) is 39.5 Å². The van der Waals surface area contributed by atoms with Gasteiger partial charge in [-0.2, -0.15) is 0 Å². The van der Waals surface area contributed by atoms with Gasteiger partial charge < -0.3 is 9.88 Å². The first-order valence-corrected chi connectivity index (χ1v) is 11.5. The molecule has 3 aromatic rings. The van der Waals surface area contributed by atoms with Gasteiger partial charge in [0.2, 0.25) is 0 Å². The minimum Gasteiger partial charge on any atom is -0.323 e. The minimum atomic E-state index is -0.287. The molecule has 31 heavy (non-hydrogen) atoms. The first kappa shape index (κ1) is 20.7. The van der Waals surface area contributed by atoms with Crippen molar-refractivity contribution in [1.82, 2.24) is 19.8 Å². The van der Waals surface area contributed by atoms with E-state index in [1.807, 2.05) is 11.5 Å². The van der Waals surface area contributed by atoms with Crippen molar-refractivity contribution < 1.29 is 4.39 Å². The van der Waals surface area contributed by atoms with Crippen LogP contribution in [0.25, 0.3) is 16.6 Å². The number of halogens is 2. The summed E-state index contributed by atoms with van der Waals surface area (Å²) in [7, 11) is 0. The largest absolute Gasteiger partial charge is 0.323 e. The fourth-order valence-electron chi connectivity index (χ4n) is 4.89. The van der Waals surface area contributed by atoms with E-state index in [0.29, 0.717) is 16.6 Å². The third kappa shape index (κ3) is 4.27. The fourth-order valence-corrected chi connectivity index (χ4v) is 5.05. The van der Waals surface area contributed by atoms with Crippen LogP contribution in [0, 0.1) is 5.82 Å². The molecular weight excluding hydrogens is 411 g/mol. The molecule has 0 radical (unpaired) electrons. The summed E-state index contributed by atoms with van der Waals surface area (Å²) in [5.74, 6) is -0.287. The highest BCUT2D eigenvalue weighted by molar-refractivity contribution is 6.30. The van der Waals surface area contributed by atoms with Crippen LogP contribution in [0.15, 0.2) is 48.8 Å². The Labute approximate surface area is 187 Å². The van der Waals surface area contributed by atoms with Crippen LogP contribution in [0.4, 0.5) is 4.39 Å². The predicted octanol–water partition coefficient (Wildman–Crippen LogP) is 5.28. The molecule has 4 nitrogen and oxygen atoms in total. The number of aromatic nitrogens is 2. The van der Waals surface area contributed by atoms with Crippen molar-refractivity contribution in [3.8, 4) is 0 Å². The fraction of sp³-hybridized carbons (Fsp3) is 0.400. The van der Waals surface area contributed by atoms with Crippen molar-refractivity contribution in [2.75, 3.05) is 26.2 Å². The third-order valence-electron chi connectivity index (χ3n) is 6.71. The number of fused-ring (bicyclic) bond motifs is 1. The monoisotopic (exact) mass is 438 g/mol. The molecule has 3 heterocycles. The lowest BCUT2D eigenvalue weighted by molar-refractivity contribution is 0.273. The van der Waals surface area contributed by atoms with Crippen LogP contribution in [0.3, 0.4) is 0 Å². The lowest BCUT2D eigenvalue weighted by atomic mass is 9.98. The van der Waals surface area contributed by atoms with Gasteiger partial charge in [0.15, 0.2) is 0 Å². The van der Waals surface area contributed by atoms with E-state index in [-0.39, 0.29) is 11.9 Å². The molecule has 2 aromatic carbocycles. The SMILES string of the molecule is C[C@H](c1ccc(Cl)cc1F)n1cnc2ccc(C3=CCN(C[C@H]4CCCN4)CC3)cc21. The van der Waals surface area contributed by atoms with Crippen LogP contribution in [0.1, 0.15) is 43.4 Å². The van der Waals surface area contributed by atoms with E-state index in [9.17, 15) is 4.39 Å². The number of hydrogen-bond donors (Lipinski definition) is 1. The predicted molar refractivity (Wildman–Crippen MR) is 125 cm³/mol. The number of benzene rings is 2. The summed E-state index contributed by atoms with van der Waals surface area (Å²) in [6.07, 6.45) is 7.81.